The second kappa shape index (κ2) is 10.9. The monoisotopic (exact) mass is 594 g/mol. The van der Waals surface area contributed by atoms with Crippen LogP contribution in [-0.2, 0) is 20.2 Å². The van der Waals surface area contributed by atoms with Gasteiger partial charge in [0, 0.05) is 6.07 Å². The number of carbonyl (C=O) groups excluding carboxylic acids is 1. The molecule has 1 aliphatic heterocycles. The van der Waals surface area contributed by atoms with Crippen molar-refractivity contribution in [1.29, 1.82) is 0 Å². The molecule has 0 amide bonds. The molecule has 0 bridgehead atoms. The molecule has 9 nitrogen and oxygen atoms in total. The maximum atomic E-state index is 13.2. The summed E-state index contributed by atoms with van der Waals surface area (Å²) in [6.07, 6.45) is -0.847. The van der Waals surface area contributed by atoms with Crippen molar-refractivity contribution in [3.63, 3.8) is 0 Å². The summed E-state index contributed by atoms with van der Waals surface area (Å²) in [5.41, 5.74) is 2.46. The first-order valence-corrected chi connectivity index (χ1v) is 15.3. The van der Waals surface area contributed by atoms with Gasteiger partial charge in [-0.25, -0.2) is 0 Å². The lowest BCUT2D eigenvalue weighted by Crippen LogP contribution is -2.21. The van der Waals surface area contributed by atoms with Crippen LogP contribution in [0, 0.1) is 13.8 Å². The summed E-state index contributed by atoms with van der Waals surface area (Å²) in [7, 11) is -7.25. The molecule has 0 radical (unpaired) electrons. The van der Waals surface area contributed by atoms with E-state index in [2.05, 4.69) is 0 Å². The van der Waals surface area contributed by atoms with Gasteiger partial charge in [-0.2, -0.15) is 16.8 Å². The Labute approximate surface area is 238 Å². The Kier molecular flexibility index (Phi) is 7.50. The average molecular weight is 595 g/mol. The molecule has 41 heavy (non-hydrogen) atoms. The normalized spacial score (nSPS) is 15.0. The van der Waals surface area contributed by atoms with Gasteiger partial charge in [-0.1, -0.05) is 41.5 Å². The maximum Gasteiger partial charge on any atom is 0.339 e. The van der Waals surface area contributed by atoms with Crippen LogP contribution in [0.5, 0.6) is 23.0 Å². The van der Waals surface area contributed by atoms with Crippen LogP contribution in [0.1, 0.15) is 39.6 Å². The largest absolute Gasteiger partial charge is 0.497 e. The number of methoxy groups -OCH3 is 1. The second-order valence-corrected chi connectivity index (χ2v) is 12.6. The van der Waals surface area contributed by atoms with Crippen molar-refractivity contribution in [1.82, 2.24) is 0 Å². The van der Waals surface area contributed by atoms with E-state index in [4.69, 9.17) is 17.8 Å². The lowest BCUT2D eigenvalue weighted by Gasteiger charge is -2.26. The van der Waals surface area contributed by atoms with E-state index in [1.54, 1.807) is 42.5 Å². The van der Waals surface area contributed by atoms with Gasteiger partial charge in [-0.05, 0) is 67.9 Å². The molecule has 1 atom stereocenters. The number of carbonyl (C=O) groups is 1. The molecular formula is C30H26O9S2. The Bertz CT molecular complexity index is 1830. The molecule has 1 aliphatic rings. The molecule has 0 saturated heterocycles. The fourth-order valence-corrected chi connectivity index (χ4v) is 6.09. The van der Waals surface area contributed by atoms with Crippen LogP contribution in [0.3, 0.4) is 0 Å². The molecular weight excluding hydrogens is 568 g/mol. The number of Topliss-reactive ketones (excluding diaryl/α,β-unsaturated/α-hetero) is 1. The number of hydrogen-bond donors (Lipinski definition) is 0. The first-order valence-electron chi connectivity index (χ1n) is 12.5. The summed E-state index contributed by atoms with van der Waals surface area (Å²) in [6, 6.07) is 20.9. The van der Waals surface area contributed by atoms with E-state index in [-0.39, 0.29) is 33.5 Å². The summed E-state index contributed by atoms with van der Waals surface area (Å²) in [4.78, 5) is 12.6. The number of aryl methyl sites for hydroxylation is 2. The quantitative estimate of drug-likeness (QED) is 0.242. The van der Waals surface area contributed by atoms with Crippen LogP contribution >= 0.6 is 0 Å². The van der Waals surface area contributed by atoms with Crippen molar-refractivity contribution >= 4 is 26.0 Å². The van der Waals surface area contributed by atoms with Crippen molar-refractivity contribution in [2.75, 3.05) is 7.11 Å². The molecule has 4 aromatic rings. The van der Waals surface area contributed by atoms with Crippen molar-refractivity contribution in [2.45, 2.75) is 36.2 Å². The maximum absolute atomic E-state index is 13.2. The van der Waals surface area contributed by atoms with Gasteiger partial charge in [-0.15, -0.1) is 0 Å². The van der Waals surface area contributed by atoms with Crippen LogP contribution in [0.2, 0.25) is 0 Å². The third-order valence-corrected chi connectivity index (χ3v) is 8.98. The number of benzene rings is 4. The highest BCUT2D eigenvalue weighted by atomic mass is 32.2. The summed E-state index contributed by atoms with van der Waals surface area (Å²) in [6.45, 7) is 3.62. The van der Waals surface area contributed by atoms with Crippen LogP contribution in [0.15, 0.2) is 94.7 Å². The van der Waals surface area contributed by atoms with E-state index >= 15 is 0 Å². The molecule has 11 heteroatoms. The Balaban J connectivity index is 1.54. The SMILES string of the molecule is COc1ccc2c(c1)OC(c1ccc(OS(=O)(=O)c3ccc(C)cc3)c(OS(=O)(=O)c3ccc(C)cc3)c1)CC2=O. The van der Waals surface area contributed by atoms with Crippen molar-refractivity contribution in [3.8, 4) is 23.0 Å². The van der Waals surface area contributed by atoms with Crippen LogP contribution in [0.4, 0.5) is 0 Å². The van der Waals surface area contributed by atoms with Crippen LogP contribution in [0.25, 0.3) is 0 Å². The van der Waals surface area contributed by atoms with E-state index in [1.165, 1.54) is 49.6 Å². The molecule has 1 heterocycles. The molecule has 1 unspecified atom stereocenters. The molecule has 0 saturated carbocycles. The van der Waals surface area contributed by atoms with E-state index in [0.29, 0.717) is 22.6 Å². The van der Waals surface area contributed by atoms with E-state index in [1.807, 2.05) is 13.8 Å². The molecule has 0 aromatic heterocycles. The number of ketones is 1. The first-order chi connectivity index (χ1) is 19.4. The first kappa shape index (κ1) is 28.2. The van der Waals surface area contributed by atoms with Crippen molar-refractivity contribution in [3.05, 3.63) is 107 Å². The second-order valence-electron chi connectivity index (χ2n) is 9.50. The smallest absolute Gasteiger partial charge is 0.339 e. The lowest BCUT2D eigenvalue weighted by molar-refractivity contribution is 0.0849. The zero-order valence-corrected chi connectivity index (χ0v) is 24.0. The predicted octanol–water partition coefficient (Wildman–Crippen LogP) is 5.55. The third kappa shape index (κ3) is 6.06. The number of rotatable bonds is 8. The molecule has 0 spiro atoms. The topological polar surface area (TPSA) is 122 Å². The minimum atomic E-state index is -4.39. The Morgan fingerprint density at radius 2 is 1.27 bits per heavy atom. The highest BCUT2D eigenvalue weighted by Gasteiger charge is 2.30. The Morgan fingerprint density at radius 1 is 0.707 bits per heavy atom. The number of ether oxygens (including phenoxy) is 2. The minimum absolute atomic E-state index is 0.0364. The van der Waals surface area contributed by atoms with Gasteiger partial charge in [0.25, 0.3) is 0 Å². The molecule has 0 aliphatic carbocycles. The zero-order chi connectivity index (χ0) is 29.4. The average Bonchev–Trinajstić information content (AvgIpc) is 2.93. The van der Waals surface area contributed by atoms with Gasteiger partial charge in [0.15, 0.2) is 17.3 Å². The van der Waals surface area contributed by atoms with E-state index in [9.17, 15) is 21.6 Å². The third-order valence-electron chi connectivity index (χ3n) is 6.49. The van der Waals surface area contributed by atoms with E-state index in [0.717, 1.165) is 11.1 Å². The fourth-order valence-electron chi connectivity index (χ4n) is 4.22. The lowest BCUT2D eigenvalue weighted by atomic mass is 9.96. The van der Waals surface area contributed by atoms with Gasteiger partial charge >= 0.3 is 20.2 Å². The van der Waals surface area contributed by atoms with Gasteiger partial charge in [-0.3, -0.25) is 4.79 Å². The minimum Gasteiger partial charge on any atom is -0.497 e. The van der Waals surface area contributed by atoms with Crippen LogP contribution in [-0.4, -0.2) is 29.7 Å². The zero-order valence-electron chi connectivity index (χ0n) is 22.4. The van der Waals surface area contributed by atoms with Gasteiger partial charge in [0.2, 0.25) is 0 Å². The number of fused-ring (bicyclic) bond motifs is 1. The number of hydrogen-bond acceptors (Lipinski definition) is 9. The van der Waals surface area contributed by atoms with Crippen molar-refractivity contribution < 1.29 is 39.5 Å². The summed E-state index contributed by atoms with van der Waals surface area (Å²) < 4.78 is 74.6. The Morgan fingerprint density at radius 3 is 1.83 bits per heavy atom. The predicted molar refractivity (Wildman–Crippen MR) is 150 cm³/mol. The summed E-state index contributed by atoms with van der Waals surface area (Å²) in [5, 5.41) is 0. The summed E-state index contributed by atoms with van der Waals surface area (Å²) in [5.74, 6) is -0.116. The molecule has 5 rings (SSSR count). The fraction of sp³-hybridized carbons (Fsp3) is 0.167. The molecule has 212 valence electrons. The van der Waals surface area contributed by atoms with Gasteiger partial charge in [0.1, 0.15) is 27.4 Å². The Hall–Kier alpha value is -4.35. The standard InChI is InChI=1S/C30H26O9S2/c1-19-4-10-23(11-5-19)40(32,33)38-27-15-8-21(16-30(27)39-41(34,35)24-12-6-20(2)7-13-24)28-18-26(31)25-14-9-22(36-3)17-29(25)37-28/h4-17,28H,18H2,1-3H3. The van der Waals surface area contributed by atoms with Gasteiger partial charge < -0.3 is 17.8 Å². The molecule has 0 N–H and O–H groups in total. The highest BCUT2D eigenvalue weighted by Crippen LogP contribution is 2.40. The van der Waals surface area contributed by atoms with E-state index < -0.39 is 26.3 Å². The highest BCUT2D eigenvalue weighted by molar-refractivity contribution is 7.87. The molecule has 4 aromatic carbocycles. The van der Waals surface area contributed by atoms with Crippen molar-refractivity contribution in [2.24, 2.45) is 0 Å². The van der Waals surface area contributed by atoms with Gasteiger partial charge in [0.05, 0.1) is 19.1 Å². The summed E-state index contributed by atoms with van der Waals surface area (Å²) >= 11 is 0. The molecule has 0 fully saturated rings. The van der Waals surface area contributed by atoms with Crippen LogP contribution < -0.4 is 17.8 Å².